The Morgan fingerprint density at radius 2 is 2.04 bits per heavy atom. The first-order valence-corrected chi connectivity index (χ1v) is 8.60. The van der Waals surface area contributed by atoms with Crippen LogP contribution in [0.3, 0.4) is 0 Å². The number of benzene rings is 1. The number of likely N-dealkylation sites (N-methyl/N-ethyl adjacent to an activating group) is 1. The molecule has 0 atom stereocenters. The van der Waals surface area contributed by atoms with Gasteiger partial charge in [-0.25, -0.2) is 0 Å². The van der Waals surface area contributed by atoms with Crippen LogP contribution < -0.4 is 5.32 Å². The van der Waals surface area contributed by atoms with Gasteiger partial charge < -0.3 is 14.8 Å². The number of fused-ring (bicyclic) bond motifs is 1. The molecule has 2 heterocycles. The van der Waals surface area contributed by atoms with Gasteiger partial charge in [0.25, 0.3) is 0 Å². The van der Waals surface area contributed by atoms with Crippen molar-refractivity contribution in [3.05, 3.63) is 46.7 Å². The molecule has 0 bridgehead atoms. The monoisotopic (exact) mass is 411 g/mol. The second-order valence-corrected chi connectivity index (χ2v) is 6.93. The van der Waals surface area contributed by atoms with E-state index >= 15 is 0 Å². The first kappa shape index (κ1) is 19.9. The predicted octanol–water partition coefficient (Wildman–Crippen LogP) is 4.24. The molecule has 2 aromatic heterocycles. The Labute approximate surface area is 163 Å². The summed E-state index contributed by atoms with van der Waals surface area (Å²) >= 11 is 5.81. The summed E-state index contributed by atoms with van der Waals surface area (Å²) in [4.78, 5) is 13.4. The minimum Gasteiger partial charge on any atom is -0.347 e. The molecule has 0 radical (unpaired) electrons. The van der Waals surface area contributed by atoms with E-state index in [2.05, 4.69) is 15.5 Å². The van der Waals surface area contributed by atoms with Crippen molar-refractivity contribution in [1.29, 1.82) is 0 Å². The molecule has 0 fully saturated rings. The molecule has 28 heavy (non-hydrogen) atoms. The summed E-state index contributed by atoms with van der Waals surface area (Å²) in [5.74, 6) is 0.0289. The van der Waals surface area contributed by atoms with Crippen LogP contribution in [0.5, 0.6) is 0 Å². The number of nitrogens with one attached hydrogen (secondary N) is 1. The van der Waals surface area contributed by atoms with Gasteiger partial charge in [-0.1, -0.05) is 11.6 Å². The van der Waals surface area contributed by atoms with Gasteiger partial charge >= 0.3 is 6.18 Å². The average Bonchev–Trinajstić information content (AvgIpc) is 3.00. The van der Waals surface area contributed by atoms with Crippen molar-refractivity contribution in [2.24, 2.45) is 0 Å². The Hall–Kier alpha value is -2.81. The molecule has 1 aromatic carbocycles. The largest absolute Gasteiger partial charge is 0.418 e. The highest BCUT2D eigenvalue weighted by Gasteiger charge is 2.35. The van der Waals surface area contributed by atoms with E-state index in [1.165, 1.54) is 24.1 Å². The molecule has 3 aromatic rings. The van der Waals surface area contributed by atoms with Crippen molar-refractivity contribution in [3.8, 4) is 0 Å². The van der Waals surface area contributed by atoms with E-state index in [1.54, 1.807) is 30.9 Å². The van der Waals surface area contributed by atoms with Crippen LogP contribution >= 0.6 is 11.6 Å². The Morgan fingerprint density at radius 1 is 1.32 bits per heavy atom. The summed E-state index contributed by atoms with van der Waals surface area (Å²) < 4.78 is 42.1. The van der Waals surface area contributed by atoms with Crippen LogP contribution in [-0.4, -0.2) is 39.7 Å². The Morgan fingerprint density at radius 3 is 2.68 bits per heavy atom. The van der Waals surface area contributed by atoms with Gasteiger partial charge in [-0.05, 0) is 30.7 Å². The predicted molar refractivity (Wildman–Crippen MR) is 101 cm³/mol. The molecular weight excluding hydrogens is 395 g/mol. The number of carbonyl (C=O) groups is 1. The number of halogens is 4. The molecule has 10 heteroatoms. The molecule has 1 N–H and O–H groups in total. The van der Waals surface area contributed by atoms with Gasteiger partial charge in [0.05, 0.1) is 23.0 Å². The summed E-state index contributed by atoms with van der Waals surface area (Å²) in [5.41, 5.74) is -0.136. The zero-order valence-electron chi connectivity index (χ0n) is 15.3. The van der Waals surface area contributed by atoms with Gasteiger partial charge in [0.2, 0.25) is 5.91 Å². The molecule has 0 aliphatic rings. The zero-order valence-corrected chi connectivity index (χ0v) is 16.1. The minimum absolute atomic E-state index is 0.00646. The van der Waals surface area contributed by atoms with Crippen molar-refractivity contribution in [2.45, 2.75) is 19.6 Å². The van der Waals surface area contributed by atoms with Crippen LogP contribution in [0, 0.1) is 6.92 Å². The third kappa shape index (κ3) is 3.89. The maximum Gasteiger partial charge on any atom is 0.418 e. The third-order valence-electron chi connectivity index (χ3n) is 4.25. The molecule has 0 saturated heterocycles. The van der Waals surface area contributed by atoms with Gasteiger partial charge in [0, 0.05) is 30.7 Å². The lowest BCUT2D eigenvalue weighted by molar-refractivity contribution is -0.137. The van der Waals surface area contributed by atoms with Crippen molar-refractivity contribution < 1.29 is 18.0 Å². The van der Waals surface area contributed by atoms with E-state index < -0.39 is 11.7 Å². The quantitative estimate of drug-likeness (QED) is 0.697. The lowest BCUT2D eigenvalue weighted by atomic mass is 10.1. The van der Waals surface area contributed by atoms with Crippen LogP contribution in [0.15, 0.2) is 30.6 Å². The molecule has 1 amide bonds. The van der Waals surface area contributed by atoms with Gasteiger partial charge in [-0.2, -0.15) is 18.3 Å². The van der Waals surface area contributed by atoms with Crippen molar-refractivity contribution in [2.75, 3.05) is 19.4 Å². The number of hydrogen-bond acceptors (Lipinski definition) is 4. The fraction of sp³-hybridized carbons (Fsp3) is 0.278. The molecule has 148 valence electrons. The highest BCUT2D eigenvalue weighted by Crippen LogP contribution is 2.40. The third-order valence-corrected chi connectivity index (χ3v) is 4.47. The van der Waals surface area contributed by atoms with E-state index in [0.29, 0.717) is 16.5 Å². The van der Waals surface area contributed by atoms with E-state index in [4.69, 9.17) is 11.6 Å². The van der Waals surface area contributed by atoms with Crippen molar-refractivity contribution in [3.63, 3.8) is 0 Å². The Balaban J connectivity index is 2.05. The molecule has 0 spiro atoms. The van der Waals surface area contributed by atoms with Crippen LogP contribution in [0.1, 0.15) is 11.1 Å². The maximum absolute atomic E-state index is 13.5. The van der Waals surface area contributed by atoms with Crippen LogP contribution in [0.25, 0.3) is 10.9 Å². The molecular formula is C18H17ClF3N5O. The van der Waals surface area contributed by atoms with Gasteiger partial charge in [-0.15, -0.1) is 5.10 Å². The number of amides is 1. The zero-order chi connectivity index (χ0) is 20.6. The van der Waals surface area contributed by atoms with Crippen molar-refractivity contribution >= 4 is 39.9 Å². The number of carbonyl (C=O) groups excluding carboxylic acids is 1. The van der Waals surface area contributed by atoms with Gasteiger partial charge in [0.1, 0.15) is 6.54 Å². The van der Waals surface area contributed by atoms with E-state index in [9.17, 15) is 18.0 Å². The van der Waals surface area contributed by atoms with Crippen LogP contribution in [0.4, 0.5) is 24.7 Å². The molecule has 3 rings (SSSR count). The molecule has 6 nitrogen and oxygen atoms in total. The second kappa shape index (κ2) is 7.31. The summed E-state index contributed by atoms with van der Waals surface area (Å²) in [7, 11) is 3.28. The summed E-state index contributed by atoms with van der Waals surface area (Å²) in [6.45, 7) is 1.60. The lowest BCUT2D eigenvalue weighted by Gasteiger charge is -2.17. The first-order valence-electron chi connectivity index (χ1n) is 8.23. The number of aromatic nitrogens is 3. The Bertz CT molecular complexity index is 1050. The fourth-order valence-corrected chi connectivity index (χ4v) is 3.07. The van der Waals surface area contributed by atoms with Crippen molar-refractivity contribution in [1.82, 2.24) is 19.7 Å². The van der Waals surface area contributed by atoms with Crippen LogP contribution in [-0.2, 0) is 17.5 Å². The Kier molecular flexibility index (Phi) is 5.20. The number of anilines is 2. The average molecular weight is 412 g/mol. The summed E-state index contributed by atoms with van der Waals surface area (Å²) in [5, 5.41) is 11.1. The van der Waals surface area contributed by atoms with Crippen LogP contribution in [0.2, 0.25) is 5.02 Å². The highest BCUT2D eigenvalue weighted by atomic mass is 35.5. The minimum atomic E-state index is -4.59. The van der Waals surface area contributed by atoms with E-state index in [0.717, 1.165) is 6.07 Å². The normalized spacial score (nSPS) is 11.7. The highest BCUT2D eigenvalue weighted by molar-refractivity contribution is 6.30. The second-order valence-electron chi connectivity index (χ2n) is 6.49. The maximum atomic E-state index is 13.5. The number of aryl methyl sites for hydroxylation is 1. The molecule has 0 aliphatic heterocycles. The fourth-order valence-electron chi connectivity index (χ4n) is 2.79. The summed E-state index contributed by atoms with van der Waals surface area (Å²) in [6, 6.07) is 3.98. The van der Waals surface area contributed by atoms with E-state index in [1.807, 2.05) is 0 Å². The number of rotatable bonds is 4. The molecule has 0 aliphatic carbocycles. The molecule has 0 saturated carbocycles. The smallest absolute Gasteiger partial charge is 0.347 e. The van der Waals surface area contributed by atoms with E-state index in [-0.39, 0.29) is 29.0 Å². The first-order chi connectivity index (χ1) is 13.1. The topological polar surface area (TPSA) is 63.1 Å². The number of alkyl halides is 3. The molecule has 0 unspecified atom stereocenters. The lowest BCUT2D eigenvalue weighted by Crippen LogP contribution is -2.25. The number of hydrogen-bond donors (Lipinski definition) is 1. The summed E-state index contributed by atoms with van der Waals surface area (Å²) in [6.07, 6.45) is -1.47. The van der Waals surface area contributed by atoms with Gasteiger partial charge in [-0.3, -0.25) is 4.79 Å². The SMILES string of the molecule is Cc1cc(Cl)cc(C(F)(F)F)c1Nc1nncc2c1ccn2CC(=O)N(C)C. The standard InChI is InChI=1S/C18H17ClF3N5O/c1-10-6-11(19)7-13(18(20,21)22)16(10)24-17-12-4-5-27(9-15(28)26(2)3)14(12)8-23-25-17/h4-8H,9H2,1-3H3,(H,24,25). The number of nitrogens with zero attached hydrogens (tertiary/aromatic N) is 4. The van der Waals surface area contributed by atoms with Gasteiger partial charge in [0.15, 0.2) is 5.82 Å².